The molecule has 0 saturated heterocycles. The zero-order valence-corrected chi connectivity index (χ0v) is 12.0. The quantitative estimate of drug-likeness (QED) is 0.480. The zero-order chi connectivity index (χ0) is 13.9. The Labute approximate surface area is 117 Å². The first-order valence-electron chi connectivity index (χ1n) is 7.33. The number of aryl methyl sites for hydroxylation is 1. The van der Waals surface area contributed by atoms with Gasteiger partial charge in [-0.05, 0) is 30.9 Å². The second-order valence-electron chi connectivity index (χ2n) is 4.81. The van der Waals surface area contributed by atoms with E-state index in [9.17, 15) is 4.79 Å². The fourth-order valence-corrected chi connectivity index (χ4v) is 2.02. The molecule has 1 aromatic rings. The maximum atomic E-state index is 12.0. The Kier molecular flexibility index (Phi) is 7.95. The molecule has 0 N–H and O–H groups in total. The largest absolute Gasteiger partial charge is 0.462 e. The van der Waals surface area contributed by atoms with Gasteiger partial charge in [0.1, 0.15) is 0 Å². The minimum atomic E-state index is -0.179. The zero-order valence-electron chi connectivity index (χ0n) is 12.0. The van der Waals surface area contributed by atoms with Crippen molar-refractivity contribution in [3.05, 3.63) is 42.3 Å². The molecule has 0 unspecified atom stereocenters. The number of carbonyl (C=O) groups is 1. The predicted molar refractivity (Wildman–Crippen MR) is 79.2 cm³/mol. The molecule has 0 heterocycles. The minimum Gasteiger partial charge on any atom is -0.462 e. The van der Waals surface area contributed by atoms with Crippen LogP contribution in [0.4, 0.5) is 0 Å². The van der Waals surface area contributed by atoms with E-state index in [1.165, 1.54) is 0 Å². The number of benzene rings is 1. The lowest BCUT2D eigenvalue weighted by atomic mass is 10.0. The summed E-state index contributed by atoms with van der Waals surface area (Å²) in [4.78, 5) is 12.0. The number of rotatable bonds is 9. The molecule has 0 aliphatic heterocycles. The van der Waals surface area contributed by atoms with E-state index in [0.29, 0.717) is 6.61 Å². The third-order valence-electron chi connectivity index (χ3n) is 3.16. The summed E-state index contributed by atoms with van der Waals surface area (Å²) in [5.74, 6) is -0.179. The molecule has 0 fully saturated rings. The molecule has 0 aliphatic rings. The molecule has 0 spiro atoms. The van der Waals surface area contributed by atoms with Crippen LogP contribution >= 0.6 is 0 Å². The fraction of sp³-hybridized carbons (Fsp3) is 0.529. The maximum absolute atomic E-state index is 12.0. The van der Waals surface area contributed by atoms with Crippen LogP contribution in [-0.2, 0) is 11.2 Å². The van der Waals surface area contributed by atoms with Gasteiger partial charge in [-0.2, -0.15) is 0 Å². The Hall–Kier alpha value is -1.31. The summed E-state index contributed by atoms with van der Waals surface area (Å²) in [5.41, 5.74) is 1.82. The normalized spacial score (nSPS) is 10.4. The van der Waals surface area contributed by atoms with Crippen LogP contribution in [0.5, 0.6) is 0 Å². The molecule has 0 saturated carbocycles. The van der Waals surface area contributed by atoms with Gasteiger partial charge in [0.25, 0.3) is 0 Å². The molecule has 1 radical (unpaired) electrons. The van der Waals surface area contributed by atoms with Crippen molar-refractivity contribution in [2.24, 2.45) is 0 Å². The highest BCUT2D eigenvalue weighted by Gasteiger charge is 2.11. The summed E-state index contributed by atoms with van der Waals surface area (Å²) in [7, 11) is 0. The number of hydrogen-bond acceptors (Lipinski definition) is 2. The third kappa shape index (κ3) is 5.91. The summed E-state index contributed by atoms with van der Waals surface area (Å²) < 4.78 is 5.33. The first-order chi connectivity index (χ1) is 9.29. The molecule has 0 aromatic heterocycles. The number of hydrogen-bond donors (Lipinski definition) is 0. The Morgan fingerprint density at radius 2 is 1.95 bits per heavy atom. The molecule has 0 amide bonds. The maximum Gasteiger partial charge on any atom is 0.338 e. The van der Waals surface area contributed by atoms with Crippen molar-refractivity contribution in [3.8, 4) is 0 Å². The smallest absolute Gasteiger partial charge is 0.338 e. The molecule has 2 nitrogen and oxygen atoms in total. The fourth-order valence-electron chi connectivity index (χ4n) is 2.02. The van der Waals surface area contributed by atoms with Gasteiger partial charge in [-0.1, -0.05) is 57.7 Å². The van der Waals surface area contributed by atoms with E-state index >= 15 is 0 Å². The minimum absolute atomic E-state index is 0.179. The molecule has 2 heteroatoms. The van der Waals surface area contributed by atoms with E-state index in [1.807, 2.05) is 24.3 Å². The first kappa shape index (κ1) is 15.7. The molecule has 19 heavy (non-hydrogen) atoms. The predicted octanol–water partition coefficient (Wildman–Crippen LogP) is 4.58. The van der Waals surface area contributed by atoms with Gasteiger partial charge in [0.15, 0.2) is 0 Å². The second kappa shape index (κ2) is 9.60. The average molecular weight is 261 g/mol. The van der Waals surface area contributed by atoms with Crippen LogP contribution in [0.3, 0.4) is 0 Å². The molecular formula is C17H25O2. The number of esters is 1. The van der Waals surface area contributed by atoms with Crippen molar-refractivity contribution in [3.63, 3.8) is 0 Å². The second-order valence-corrected chi connectivity index (χ2v) is 4.81. The Bertz CT molecular complexity index is 371. The summed E-state index contributed by atoms with van der Waals surface area (Å²) >= 11 is 0. The summed E-state index contributed by atoms with van der Waals surface area (Å²) in [6.07, 6.45) is 7.24. The van der Waals surface area contributed by atoms with Crippen molar-refractivity contribution in [1.82, 2.24) is 0 Å². The first-order valence-corrected chi connectivity index (χ1v) is 7.33. The third-order valence-corrected chi connectivity index (χ3v) is 3.16. The lowest BCUT2D eigenvalue weighted by molar-refractivity contribution is 0.0497. The average Bonchev–Trinajstić information content (AvgIpc) is 2.44. The molecule has 0 aliphatic carbocycles. The van der Waals surface area contributed by atoms with Crippen LogP contribution in [0, 0.1) is 6.92 Å². The number of carbonyl (C=O) groups excluding carboxylic acids is 1. The summed E-state index contributed by atoms with van der Waals surface area (Å²) in [5, 5.41) is 0. The van der Waals surface area contributed by atoms with Crippen molar-refractivity contribution >= 4 is 5.97 Å². The summed E-state index contributed by atoms with van der Waals surface area (Å²) in [6.45, 7) is 6.51. The van der Waals surface area contributed by atoms with E-state index in [2.05, 4.69) is 13.8 Å². The summed E-state index contributed by atoms with van der Waals surface area (Å²) in [6, 6.07) is 7.76. The number of unbranched alkanes of at least 4 members (excludes halogenated alkanes) is 4. The molecule has 0 bridgehead atoms. The standard InChI is InChI=1S/C17H25O2/c1-3-5-7-11-15-12-8-9-13-16(15)17(18)19-14-10-6-4-2/h8-9,12-13H,1,3-7,10-11,14H2,2H3. The molecule has 1 aromatic carbocycles. The molecule has 0 atom stereocenters. The highest BCUT2D eigenvalue weighted by molar-refractivity contribution is 5.91. The highest BCUT2D eigenvalue weighted by atomic mass is 16.5. The van der Waals surface area contributed by atoms with Gasteiger partial charge in [-0.15, -0.1) is 0 Å². The van der Waals surface area contributed by atoms with Gasteiger partial charge < -0.3 is 4.74 Å². The van der Waals surface area contributed by atoms with Crippen LogP contribution in [0.2, 0.25) is 0 Å². The molecular weight excluding hydrogens is 236 g/mol. The van der Waals surface area contributed by atoms with Gasteiger partial charge in [-0.3, -0.25) is 0 Å². The lowest BCUT2D eigenvalue weighted by Gasteiger charge is -2.09. The Balaban J connectivity index is 2.52. The van der Waals surface area contributed by atoms with E-state index in [4.69, 9.17) is 4.74 Å². The van der Waals surface area contributed by atoms with Crippen LogP contribution in [-0.4, -0.2) is 12.6 Å². The van der Waals surface area contributed by atoms with Crippen molar-refractivity contribution in [2.45, 2.75) is 51.9 Å². The SMILES string of the molecule is [CH2]CCCCc1ccccc1C(=O)OCCCCC. The van der Waals surface area contributed by atoms with Crippen LogP contribution in [0.1, 0.15) is 61.4 Å². The Morgan fingerprint density at radius 1 is 1.16 bits per heavy atom. The van der Waals surface area contributed by atoms with Gasteiger partial charge in [-0.25, -0.2) is 4.79 Å². The molecule has 1 rings (SSSR count). The highest BCUT2D eigenvalue weighted by Crippen LogP contribution is 2.14. The van der Waals surface area contributed by atoms with Crippen molar-refractivity contribution in [2.75, 3.05) is 6.61 Å². The van der Waals surface area contributed by atoms with Gasteiger partial charge in [0.2, 0.25) is 0 Å². The van der Waals surface area contributed by atoms with Crippen LogP contribution in [0.25, 0.3) is 0 Å². The van der Waals surface area contributed by atoms with E-state index in [1.54, 1.807) is 0 Å². The van der Waals surface area contributed by atoms with E-state index in [0.717, 1.165) is 56.1 Å². The van der Waals surface area contributed by atoms with Gasteiger partial charge in [0, 0.05) is 0 Å². The number of ether oxygens (including phenoxy) is 1. The molecule has 105 valence electrons. The van der Waals surface area contributed by atoms with Crippen molar-refractivity contribution in [1.29, 1.82) is 0 Å². The van der Waals surface area contributed by atoms with E-state index < -0.39 is 0 Å². The van der Waals surface area contributed by atoms with Gasteiger partial charge >= 0.3 is 5.97 Å². The van der Waals surface area contributed by atoms with Crippen molar-refractivity contribution < 1.29 is 9.53 Å². The van der Waals surface area contributed by atoms with E-state index in [-0.39, 0.29) is 5.97 Å². The monoisotopic (exact) mass is 261 g/mol. The van der Waals surface area contributed by atoms with Crippen LogP contribution < -0.4 is 0 Å². The topological polar surface area (TPSA) is 26.3 Å². The Morgan fingerprint density at radius 3 is 2.68 bits per heavy atom. The van der Waals surface area contributed by atoms with Crippen LogP contribution in [0.15, 0.2) is 24.3 Å². The lowest BCUT2D eigenvalue weighted by Crippen LogP contribution is -2.09. The van der Waals surface area contributed by atoms with Gasteiger partial charge in [0.05, 0.1) is 12.2 Å².